The molecule has 2 aromatic carbocycles. The first-order chi connectivity index (χ1) is 10.4. The molecule has 0 aliphatic rings. The number of benzene rings is 2. The van der Waals surface area contributed by atoms with Gasteiger partial charge in [-0.3, -0.25) is 0 Å². The van der Waals surface area contributed by atoms with Gasteiger partial charge in [0.15, 0.2) is 9.84 Å². The predicted octanol–water partition coefficient (Wildman–Crippen LogP) is 2.55. The average Bonchev–Trinajstić information content (AvgIpc) is 2.47. The Morgan fingerprint density at radius 3 is 2.32 bits per heavy atom. The van der Waals surface area contributed by atoms with E-state index in [1.54, 1.807) is 24.3 Å². The van der Waals surface area contributed by atoms with E-state index < -0.39 is 9.84 Å². The summed E-state index contributed by atoms with van der Waals surface area (Å²) in [5.41, 5.74) is 2.06. The highest BCUT2D eigenvalue weighted by atomic mass is 32.2. The minimum Gasteiger partial charge on any atom is -0.334 e. The molecule has 5 nitrogen and oxygen atoms in total. The summed E-state index contributed by atoms with van der Waals surface area (Å²) in [6.45, 7) is 0.404. The molecule has 0 radical (unpaired) electrons. The van der Waals surface area contributed by atoms with Crippen molar-refractivity contribution in [2.24, 2.45) is 0 Å². The molecule has 0 aliphatic carbocycles. The number of anilines is 1. The van der Waals surface area contributed by atoms with Crippen molar-refractivity contribution < 1.29 is 13.2 Å². The lowest BCUT2D eigenvalue weighted by Gasteiger charge is -2.11. The summed E-state index contributed by atoms with van der Waals surface area (Å²) in [5, 5.41) is 5.43. The van der Waals surface area contributed by atoms with Crippen LogP contribution in [0.2, 0.25) is 0 Å². The number of amides is 2. The van der Waals surface area contributed by atoms with E-state index in [1.165, 1.54) is 6.26 Å². The Morgan fingerprint density at radius 2 is 1.64 bits per heavy atom. The SMILES string of the molecule is CS(=O)(=O)Cc1ccccc1NC(=O)NCc1ccccc1. The number of sulfone groups is 1. The molecule has 0 spiro atoms. The molecule has 6 heteroatoms. The van der Waals surface area contributed by atoms with Gasteiger partial charge < -0.3 is 10.6 Å². The van der Waals surface area contributed by atoms with E-state index in [-0.39, 0.29) is 11.8 Å². The Kier molecular flexibility index (Phi) is 5.16. The number of carbonyl (C=O) groups is 1. The van der Waals surface area contributed by atoms with E-state index in [0.29, 0.717) is 17.8 Å². The van der Waals surface area contributed by atoms with Gasteiger partial charge in [-0.2, -0.15) is 0 Å². The van der Waals surface area contributed by atoms with Crippen LogP contribution in [-0.4, -0.2) is 20.7 Å². The van der Waals surface area contributed by atoms with Gasteiger partial charge in [0.25, 0.3) is 0 Å². The van der Waals surface area contributed by atoms with Gasteiger partial charge in [0.05, 0.1) is 5.75 Å². The lowest BCUT2D eigenvalue weighted by molar-refractivity contribution is 0.251. The van der Waals surface area contributed by atoms with Crippen LogP contribution in [0.1, 0.15) is 11.1 Å². The van der Waals surface area contributed by atoms with Crippen LogP contribution >= 0.6 is 0 Å². The summed E-state index contributed by atoms with van der Waals surface area (Å²) < 4.78 is 22.8. The Balaban J connectivity index is 2.00. The van der Waals surface area contributed by atoms with Crippen molar-refractivity contribution in [1.29, 1.82) is 0 Å². The molecule has 0 heterocycles. The lowest BCUT2D eigenvalue weighted by Crippen LogP contribution is -2.28. The zero-order chi connectivity index (χ0) is 16.0. The Labute approximate surface area is 130 Å². The van der Waals surface area contributed by atoms with E-state index in [2.05, 4.69) is 10.6 Å². The van der Waals surface area contributed by atoms with Gasteiger partial charge in [-0.25, -0.2) is 13.2 Å². The second-order valence-electron chi connectivity index (χ2n) is 5.02. The highest BCUT2D eigenvalue weighted by Crippen LogP contribution is 2.17. The molecular formula is C16H18N2O3S. The summed E-state index contributed by atoms with van der Waals surface area (Å²) in [5.74, 6) is -0.109. The minimum absolute atomic E-state index is 0.109. The second kappa shape index (κ2) is 7.09. The molecule has 0 bridgehead atoms. The smallest absolute Gasteiger partial charge is 0.319 e. The predicted molar refractivity (Wildman–Crippen MR) is 87.3 cm³/mol. The van der Waals surface area contributed by atoms with Crippen molar-refractivity contribution in [2.45, 2.75) is 12.3 Å². The van der Waals surface area contributed by atoms with Gasteiger partial charge >= 0.3 is 6.03 Å². The Hall–Kier alpha value is -2.34. The largest absolute Gasteiger partial charge is 0.334 e. The van der Waals surface area contributed by atoms with Crippen LogP contribution in [0.5, 0.6) is 0 Å². The van der Waals surface area contributed by atoms with Crippen LogP contribution in [0.25, 0.3) is 0 Å². The third kappa shape index (κ3) is 5.21. The molecule has 0 fully saturated rings. The highest BCUT2D eigenvalue weighted by molar-refractivity contribution is 7.89. The maximum Gasteiger partial charge on any atom is 0.319 e. The number of carbonyl (C=O) groups excluding carboxylic acids is 1. The van der Waals surface area contributed by atoms with Gasteiger partial charge in [-0.15, -0.1) is 0 Å². The highest BCUT2D eigenvalue weighted by Gasteiger charge is 2.11. The van der Waals surface area contributed by atoms with Gasteiger partial charge in [0.2, 0.25) is 0 Å². The normalized spacial score (nSPS) is 11.0. The quantitative estimate of drug-likeness (QED) is 0.889. The molecule has 2 aromatic rings. The van der Waals surface area contributed by atoms with Crippen molar-refractivity contribution in [3.05, 3.63) is 65.7 Å². The van der Waals surface area contributed by atoms with Crippen molar-refractivity contribution in [3.63, 3.8) is 0 Å². The van der Waals surface area contributed by atoms with E-state index in [4.69, 9.17) is 0 Å². The fourth-order valence-corrected chi connectivity index (χ4v) is 2.81. The number of rotatable bonds is 5. The van der Waals surface area contributed by atoms with Crippen molar-refractivity contribution in [1.82, 2.24) is 5.32 Å². The standard InChI is InChI=1S/C16H18N2O3S/c1-22(20,21)12-14-9-5-6-10-15(14)18-16(19)17-11-13-7-3-2-4-8-13/h2-10H,11-12H2,1H3,(H2,17,18,19). The molecule has 2 rings (SSSR count). The van der Waals surface area contributed by atoms with Gasteiger partial charge in [-0.05, 0) is 17.2 Å². The van der Waals surface area contributed by atoms with E-state index in [0.717, 1.165) is 5.56 Å². The maximum absolute atomic E-state index is 11.9. The summed E-state index contributed by atoms with van der Waals surface area (Å²) in [4.78, 5) is 11.9. The number of urea groups is 1. The van der Waals surface area contributed by atoms with E-state index >= 15 is 0 Å². The average molecular weight is 318 g/mol. The van der Waals surface area contributed by atoms with E-state index in [1.807, 2.05) is 30.3 Å². The zero-order valence-corrected chi connectivity index (χ0v) is 13.1. The van der Waals surface area contributed by atoms with Gasteiger partial charge in [0.1, 0.15) is 0 Å². The molecule has 2 amide bonds. The molecule has 0 atom stereocenters. The van der Waals surface area contributed by atoms with Crippen molar-refractivity contribution >= 4 is 21.6 Å². The van der Waals surface area contributed by atoms with Gasteiger partial charge in [-0.1, -0.05) is 48.5 Å². The number of para-hydroxylation sites is 1. The molecular weight excluding hydrogens is 300 g/mol. The molecule has 0 saturated heterocycles. The monoisotopic (exact) mass is 318 g/mol. The first-order valence-electron chi connectivity index (χ1n) is 6.78. The molecule has 22 heavy (non-hydrogen) atoms. The minimum atomic E-state index is -3.16. The third-order valence-electron chi connectivity index (χ3n) is 2.98. The van der Waals surface area contributed by atoms with Crippen LogP contribution in [0.4, 0.5) is 10.5 Å². The third-order valence-corrected chi connectivity index (χ3v) is 3.81. The summed E-state index contributed by atoms with van der Waals surface area (Å²) in [6.07, 6.45) is 1.17. The van der Waals surface area contributed by atoms with Crippen LogP contribution in [0.3, 0.4) is 0 Å². The van der Waals surface area contributed by atoms with Gasteiger partial charge in [0, 0.05) is 18.5 Å². The number of nitrogens with one attached hydrogen (secondary N) is 2. The molecule has 0 saturated carbocycles. The fraction of sp³-hybridized carbons (Fsp3) is 0.188. The van der Waals surface area contributed by atoms with Crippen molar-refractivity contribution in [3.8, 4) is 0 Å². The van der Waals surface area contributed by atoms with Crippen LogP contribution in [0.15, 0.2) is 54.6 Å². The Morgan fingerprint density at radius 1 is 1.00 bits per heavy atom. The lowest BCUT2D eigenvalue weighted by atomic mass is 10.2. The fourth-order valence-electron chi connectivity index (χ4n) is 2.00. The summed E-state index contributed by atoms with van der Waals surface area (Å²) in [6, 6.07) is 16.0. The van der Waals surface area contributed by atoms with Crippen molar-refractivity contribution in [2.75, 3.05) is 11.6 Å². The molecule has 0 unspecified atom stereocenters. The topological polar surface area (TPSA) is 75.3 Å². The maximum atomic E-state index is 11.9. The Bertz CT molecular complexity index is 743. The van der Waals surface area contributed by atoms with Crippen LogP contribution in [-0.2, 0) is 22.1 Å². The zero-order valence-electron chi connectivity index (χ0n) is 12.2. The summed E-state index contributed by atoms with van der Waals surface area (Å²) >= 11 is 0. The molecule has 2 N–H and O–H groups in total. The number of hydrogen-bond donors (Lipinski definition) is 2. The van der Waals surface area contributed by atoms with Crippen LogP contribution < -0.4 is 10.6 Å². The molecule has 0 aliphatic heterocycles. The van der Waals surface area contributed by atoms with E-state index in [9.17, 15) is 13.2 Å². The number of hydrogen-bond acceptors (Lipinski definition) is 3. The van der Waals surface area contributed by atoms with Crippen LogP contribution in [0, 0.1) is 0 Å². The second-order valence-corrected chi connectivity index (χ2v) is 7.16. The summed E-state index contributed by atoms with van der Waals surface area (Å²) in [7, 11) is -3.16. The first-order valence-corrected chi connectivity index (χ1v) is 8.84. The molecule has 116 valence electrons. The first kappa shape index (κ1) is 16.0. The molecule has 0 aromatic heterocycles.